The summed E-state index contributed by atoms with van der Waals surface area (Å²) in [5.41, 5.74) is 1.14. The third-order valence-corrected chi connectivity index (χ3v) is 4.15. The minimum absolute atomic E-state index is 0. The minimum Gasteiger partial charge on any atom is -0.481 e. The Labute approximate surface area is 146 Å². The van der Waals surface area contributed by atoms with Crippen molar-refractivity contribution in [3.05, 3.63) is 29.8 Å². The van der Waals surface area contributed by atoms with Crippen LogP contribution in [0.4, 0.5) is 0 Å². The van der Waals surface area contributed by atoms with Gasteiger partial charge in [0.15, 0.2) is 6.10 Å². The lowest BCUT2D eigenvalue weighted by molar-refractivity contribution is -0.141. The van der Waals surface area contributed by atoms with E-state index in [9.17, 15) is 4.79 Å². The quantitative estimate of drug-likeness (QED) is 0.864. The first-order chi connectivity index (χ1) is 10.6. The molecule has 1 saturated heterocycles. The topological polar surface area (TPSA) is 41.6 Å². The van der Waals surface area contributed by atoms with E-state index in [0.717, 1.165) is 50.2 Å². The highest BCUT2D eigenvalue weighted by atomic mass is 35.5. The first-order valence-electron chi connectivity index (χ1n) is 8.36. The Morgan fingerprint density at radius 2 is 2.09 bits per heavy atom. The third-order valence-electron chi connectivity index (χ3n) is 4.15. The van der Waals surface area contributed by atoms with Crippen molar-refractivity contribution in [3.8, 4) is 5.75 Å². The van der Waals surface area contributed by atoms with Gasteiger partial charge in [0.05, 0.1) is 0 Å². The predicted octanol–water partition coefficient (Wildman–Crippen LogP) is 3.17. The highest BCUT2D eigenvalue weighted by molar-refractivity contribution is 5.85. The van der Waals surface area contributed by atoms with Crippen molar-refractivity contribution in [1.82, 2.24) is 10.2 Å². The molecule has 0 spiro atoms. The minimum atomic E-state index is -0.441. The van der Waals surface area contributed by atoms with Crippen LogP contribution in [0.3, 0.4) is 0 Å². The summed E-state index contributed by atoms with van der Waals surface area (Å²) < 4.78 is 5.87. The number of aryl methyl sites for hydroxylation is 1. The van der Waals surface area contributed by atoms with Crippen LogP contribution >= 0.6 is 12.4 Å². The summed E-state index contributed by atoms with van der Waals surface area (Å²) in [6.07, 6.45) is 2.60. The number of ether oxygens (including phenoxy) is 1. The molecule has 23 heavy (non-hydrogen) atoms. The van der Waals surface area contributed by atoms with E-state index in [-0.39, 0.29) is 18.3 Å². The van der Waals surface area contributed by atoms with Crippen LogP contribution in [0.15, 0.2) is 24.3 Å². The normalized spacial score (nSPS) is 16.3. The maximum Gasteiger partial charge on any atom is 0.263 e. The molecule has 0 bridgehead atoms. The summed E-state index contributed by atoms with van der Waals surface area (Å²) in [5, 5.41) is 3.36. The summed E-state index contributed by atoms with van der Waals surface area (Å²) in [7, 11) is 0. The van der Waals surface area contributed by atoms with Gasteiger partial charge < -0.3 is 15.0 Å². The number of hydrogen-bond acceptors (Lipinski definition) is 3. The first-order valence-corrected chi connectivity index (χ1v) is 8.36. The van der Waals surface area contributed by atoms with Crippen LogP contribution in [0.1, 0.15) is 38.7 Å². The molecule has 1 aliphatic rings. The number of hydrogen-bond donors (Lipinski definition) is 1. The van der Waals surface area contributed by atoms with Gasteiger partial charge >= 0.3 is 0 Å². The molecule has 1 unspecified atom stereocenters. The van der Waals surface area contributed by atoms with Gasteiger partial charge in [0.1, 0.15) is 5.75 Å². The van der Waals surface area contributed by atoms with E-state index in [2.05, 4.69) is 12.2 Å². The van der Waals surface area contributed by atoms with Gasteiger partial charge in [-0.05, 0) is 63.9 Å². The largest absolute Gasteiger partial charge is 0.481 e. The van der Waals surface area contributed by atoms with Crippen molar-refractivity contribution in [2.24, 2.45) is 0 Å². The summed E-state index contributed by atoms with van der Waals surface area (Å²) >= 11 is 0. The van der Waals surface area contributed by atoms with Gasteiger partial charge in [-0.3, -0.25) is 4.79 Å². The van der Waals surface area contributed by atoms with Gasteiger partial charge in [-0.1, -0.05) is 19.1 Å². The van der Waals surface area contributed by atoms with Crippen molar-refractivity contribution < 1.29 is 9.53 Å². The van der Waals surface area contributed by atoms with Crippen LogP contribution in [-0.4, -0.2) is 42.6 Å². The molecule has 1 heterocycles. The van der Waals surface area contributed by atoms with Crippen molar-refractivity contribution in [1.29, 1.82) is 0 Å². The molecule has 1 amide bonds. The predicted molar refractivity (Wildman–Crippen MR) is 96.4 cm³/mol. The molecule has 4 nitrogen and oxygen atoms in total. The maximum absolute atomic E-state index is 12.8. The number of rotatable bonds is 6. The Morgan fingerprint density at radius 3 is 2.70 bits per heavy atom. The molecule has 1 N–H and O–H groups in total. The Kier molecular flexibility index (Phi) is 8.42. The maximum atomic E-state index is 12.8. The smallest absolute Gasteiger partial charge is 0.263 e. The molecule has 0 saturated carbocycles. The number of carbonyl (C=O) groups excluding carboxylic acids is 1. The zero-order chi connectivity index (χ0) is 15.9. The molecule has 0 radical (unpaired) electrons. The summed E-state index contributed by atoms with van der Waals surface area (Å²) in [5.74, 6) is 0.873. The Balaban J connectivity index is 0.00000264. The average Bonchev–Trinajstić information content (AvgIpc) is 2.53. The second kappa shape index (κ2) is 9.78. The average molecular weight is 341 g/mol. The lowest BCUT2D eigenvalue weighted by atomic mass is 10.0. The zero-order valence-corrected chi connectivity index (χ0v) is 15.2. The number of piperidine rings is 1. The molecular formula is C18H29ClN2O2. The Hall–Kier alpha value is -1.26. The van der Waals surface area contributed by atoms with Gasteiger partial charge in [0, 0.05) is 12.6 Å². The highest BCUT2D eigenvalue weighted by Crippen LogP contribution is 2.18. The monoisotopic (exact) mass is 340 g/mol. The van der Waals surface area contributed by atoms with Gasteiger partial charge in [-0.2, -0.15) is 0 Å². The van der Waals surface area contributed by atoms with Crippen molar-refractivity contribution in [2.75, 3.05) is 19.6 Å². The van der Waals surface area contributed by atoms with E-state index in [1.165, 1.54) is 0 Å². The van der Waals surface area contributed by atoms with E-state index in [0.29, 0.717) is 6.04 Å². The van der Waals surface area contributed by atoms with E-state index in [4.69, 9.17) is 4.74 Å². The fourth-order valence-electron chi connectivity index (χ4n) is 3.01. The fraction of sp³-hybridized carbons (Fsp3) is 0.611. The Bertz CT molecular complexity index is 490. The molecule has 5 heteroatoms. The van der Waals surface area contributed by atoms with Gasteiger partial charge in [0.2, 0.25) is 0 Å². The van der Waals surface area contributed by atoms with Gasteiger partial charge in [0.25, 0.3) is 5.91 Å². The summed E-state index contributed by atoms with van der Waals surface area (Å²) in [6, 6.07) is 8.21. The number of nitrogens with one attached hydrogen (secondary N) is 1. The van der Waals surface area contributed by atoms with Crippen molar-refractivity contribution in [2.45, 2.75) is 52.2 Å². The first kappa shape index (κ1) is 19.8. The molecule has 1 aromatic rings. The number of halogens is 1. The second-order valence-corrected chi connectivity index (χ2v) is 6.09. The van der Waals surface area contributed by atoms with Crippen LogP contribution < -0.4 is 10.1 Å². The molecule has 0 aromatic heterocycles. The van der Waals surface area contributed by atoms with Crippen LogP contribution in [0.25, 0.3) is 0 Å². The van der Waals surface area contributed by atoms with E-state index >= 15 is 0 Å². The molecule has 1 atom stereocenters. The van der Waals surface area contributed by atoms with Gasteiger partial charge in [-0.25, -0.2) is 0 Å². The fourth-order valence-corrected chi connectivity index (χ4v) is 3.01. The Morgan fingerprint density at radius 1 is 1.39 bits per heavy atom. The summed E-state index contributed by atoms with van der Waals surface area (Å²) in [6.45, 7) is 8.79. The van der Waals surface area contributed by atoms with Gasteiger partial charge in [-0.15, -0.1) is 12.4 Å². The SMILES string of the molecule is CCCN(C(=O)C(C)Oc1cccc(C)c1)C1CCNCC1.Cl. The van der Waals surface area contributed by atoms with E-state index in [1.807, 2.05) is 43.0 Å². The van der Waals surface area contributed by atoms with Crippen LogP contribution in [0.2, 0.25) is 0 Å². The molecule has 2 rings (SSSR count). The highest BCUT2D eigenvalue weighted by Gasteiger charge is 2.28. The number of nitrogens with zero attached hydrogens (tertiary/aromatic N) is 1. The van der Waals surface area contributed by atoms with Crippen LogP contribution in [0, 0.1) is 6.92 Å². The van der Waals surface area contributed by atoms with Crippen LogP contribution in [0.5, 0.6) is 5.75 Å². The zero-order valence-electron chi connectivity index (χ0n) is 14.4. The van der Waals surface area contributed by atoms with Crippen LogP contribution in [-0.2, 0) is 4.79 Å². The van der Waals surface area contributed by atoms with Crippen molar-refractivity contribution >= 4 is 18.3 Å². The van der Waals surface area contributed by atoms with E-state index in [1.54, 1.807) is 0 Å². The summed E-state index contributed by atoms with van der Waals surface area (Å²) in [4.78, 5) is 14.8. The van der Waals surface area contributed by atoms with E-state index < -0.39 is 6.10 Å². The number of carbonyl (C=O) groups is 1. The van der Waals surface area contributed by atoms with Crippen molar-refractivity contribution in [3.63, 3.8) is 0 Å². The lowest BCUT2D eigenvalue weighted by Crippen LogP contribution is -2.50. The number of benzene rings is 1. The molecule has 1 fully saturated rings. The number of amides is 1. The molecule has 0 aliphatic carbocycles. The standard InChI is InChI=1S/C18H28N2O2.ClH/c1-4-12-20(16-8-10-19-11-9-16)18(21)15(3)22-17-7-5-6-14(2)13-17;/h5-7,13,15-16,19H,4,8-12H2,1-3H3;1H. The molecule has 130 valence electrons. The molecular weight excluding hydrogens is 312 g/mol. The third kappa shape index (κ3) is 5.70. The second-order valence-electron chi connectivity index (χ2n) is 6.09. The molecule has 1 aromatic carbocycles. The lowest BCUT2D eigenvalue weighted by Gasteiger charge is -2.36. The molecule has 1 aliphatic heterocycles.